The van der Waals surface area contributed by atoms with Crippen molar-refractivity contribution in [1.29, 1.82) is 0 Å². The maximum absolute atomic E-state index is 13.6. The van der Waals surface area contributed by atoms with Gasteiger partial charge in [0.1, 0.15) is 5.82 Å². The molecular weight excluding hydrogens is 476 g/mol. The van der Waals surface area contributed by atoms with Crippen LogP contribution in [0.1, 0.15) is 93.6 Å². The van der Waals surface area contributed by atoms with Crippen LogP contribution < -0.4 is 4.90 Å². The quantitative estimate of drug-likeness (QED) is 0.437. The van der Waals surface area contributed by atoms with Crippen molar-refractivity contribution in [3.63, 3.8) is 0 Å². The first-order chi connectivity index (χ1) is 17.2. The number of fused-ring (bicyclic) bond motifs is 1. The lowest BCUT2D eigenvalue weighted by atomic mass is 9.76. The van der Waals surface area contributed by atoms with Gasteiger partial charge in [0.2, 0.25) is 0 Å². The zero-order valence-corrected chi connectivity index (χ0v) is 22.9. The molecule has 1 amide bonds. The number of rotatable bonds is 11. The van der Waals surface area contributed by atoms with Gasteiger partial charge in [-0.1, -0.05) is 31.9 Å². The van der Waals surface area contributed by atoms with E-state index in [1.54, 1.807) is 9.42 Å². The molecule has 0 spiro atoms. The van der Waals surface area contributed by atoms with Gasteiger partial charge in [-0.05, 0) is 80.4 Å². The van der Waals surface area contributed by atoms with E-state index in [0.717, 1.165) is 49.9 Å². The zero-order chi connectivity index (χ0) is 26.0. The number of hydrogen-bond donors (Lipinski definition) is 1. The number of pyridine rings is 1. The van der Waals surface area contributed by atoms with Crippen molar-refractivity contribution >= 4 is 34.6 Å². The number of carbonyl (C=O) groups is 2. The van der Waals surface area contributed by atoms with Gasteiger partial charge in [-0.25, -0.2) is 4.52 Å². The number of nitrogens with zero attached hydrogens (tertiary/aromatic N) is 4. The van der Waals surface area contributed by atoms with Crippen LogP contribution in [0.25, 0.3) is 5.52 Å². The second-order valence-electron chi connectivity index (χ2n) is 11.0. The summed E-state index contributed by atoms with van der Waals surface area (Å²) < 4.78 is 1.75. The molecule has 1 N–H and O–H groups in total. The van der Waals surface area contributed by atoms with Crippen molar-refractivity contribution < 1.29 is 14.7 Å². The molecule has 0 saturated heterocycles. The molecule has 2 fully saturated rings. The highest BCUT2D eigenvalue weighted by Crippen LogP contribution is 2.42. The highest BCUT2D eigenvalue weighted by Gasteiger charge is 2.31. The molecule has 2 aliphatic rings. The lowest BCUT2D eigenvalue weighted by Crippen LogP contribution is -2.38. The fourth-order valence-electron chi connectivity index (χ4n) is 5.69. The van der Waals surface area contributed by atoms with Gasteiger partial charge in [-0.2, -0.15) is 5.10 Å². The minimum atomic E-state index is -0.287. The summed E-state index contributed by atoms with van der Waals surface area (Å²) in [5.74, 6) is 2.00. The van der Waals surface area contributed by atoms with Gasteiger partial charge in [-0.3, -0.25) is 9.59 Å². The third kappa shape index (κ3) is 5.88. The van der Waals surface area contributed by atoms with Crippen LogP contribution in [0.4, 0.5) is 5.82 Å². The summed E-state index contributed by atoms with van der Waals surface area (Å²) in [6, 6.07) is 4.18. The molecule has 0 radical (unpaired) electrons. The molecule has 0 aromatic carbocycles. The molecule has 1 unspecified atom stereocenters. The Labute approximate surface area is 219 Å². The molecule has 4 rings (SSSR count). The SMILES string of the molecule is CCCN(CC(=O)CC(CC)C1CCC(O)CC1)C(=O)c1nn2c(N(C)C)cc(C3CC3)cc2c1Cl. The van der Waals surface area contributed by atoms with Crippen LogP contribution in [0.15, 0.2) is 12.1 Å². The van der Waals surface area contributed by atoms with Gasteiger partial charge in [0.05, 0.1) is 23.2 Å². The van der Waals surface area contributed by atoms with Crippen LogP contribution in [0.2, 0.25) is 5.02 Å². The summed E-state index contributed by atoms with van der Waals surface area (Å²) in [6.45, 7) is 4.70. The number of halogens is 1. The Hall–Kier alpha value is -2.12. The number of carbonyl (C=O) groups excluding carboxylic acids is 2. The van der Waals surface area contributed by atoms with E-state index in [4.69, 9.17) is 11.6 Å². The van der Waals surface area contributed by atoms with Crippen LogP contribution >= 0.6 is 11.6 Å². The molecule has 2 aliphatic carbocycles. The number of anilines is 1. The second kappa shape index (κ2) is 11.5. The molecule has 2 saturated carbocycles. The summed E-state index contributed by atoms with van der Waals surface area (Å²) >= 11 is 6.77. The summed E-state index contributed by atoms with van der Waals surface area (Å²) in [4.78, 5) is 30.4. The van der Waals surface area contributed by atoms with Gasteiger partial charge < -0.3 is 14.9 Å². The number of ketones is 1. The van der Waals surface area contributed by atoms with Crippen LogP contribution in [-0.4, -0.2) is 64.6 Å². The van der Waals surface area contributed by atoms with Gasteiger partial charge >= 0.3 is 0 Å². The number of amides is 1. The average Bonchev–Trinajstić information content (AvgIpc) is 3.65. The van der Waals surface area contributed by atoms with E-state index >= 15 is 0 Å². The first-order valence-corrected chi connectivity index (χ1v) is 14.0. The minimum absolute atomic E-state index is 0.0799. The monoisotopic (exact) mass is 516 g/mol. The standard InChI is InChI=1S/C28H41ClN4O3/c1-5-13-32(17-23(35)14-18(6-2)19-9-11-22(34)12-10-19)28(36)27-26(29)24-15-21(20-7-8-20)16-25(31(3)4)33(24)30-27/h15-16,18-20,22,34H,5-14,17H2,1-4H3. The van der Waals surface area contributed by atoms with E-state index in [0.29, 0.717) is 35.7 Å². The van der Waals surface area contributed by atoms with Gasteiger partial charge in [0, 0.05) is 27.1 Å². The maximum Gasteiger partial charge on any atom is 0.276 e. The third-order valence-electron chi connectivity index (χ3n) is 7.96. The lowest BCUT2D eigenvalue weighted by Gasteiger charge is -2.32. The fraction of sp³-hybridized carbons (Fsp3) is 0.679. The predicted molar refractivity (Wildman–Crippen MR) is 144 cm³/mol. The Morgan fingerprint density at radius 1 is 1.14 bits per heavy atom. The number of Topliss-reactive ketones (excluding diaryl/α,β-unsaturated/α-hetero) is 1. The lowest BCUT2D eigenvalue weighted by molar-refractivity contribution is -0.121. The van der Waals surface area contributed by atoms with E-state index in [1.807, 2.05) is 25.9 Å². The molecule has 0 bridgehead atoms. The summed E-state index contributed by atoms with van der Waals surface area (Å²) in [6.07, 6.45) is 7.88. The van der Waals surface area contributed by atoms with Crippen molar-refractivity contribution in [3.05, 3.63) is 28.4 Å². The Kier molecular flexibility index (Phi) is 8.61. The Bertz CT molecular complexity index is 1090. The Morgan fingerprint density at radius 2 is 1.83 bits per heavy atom. The van der Waals surface area contributed by atoms with Crippen molar-refractivity contribution in [2.45, 2.75) is 83.7 Å². The third-order valence-corrected chi connectivity index (χ3v) is 8.33. The number of hydrogen-bond acceptors (Lipinski definition) is 5. The molecule has 1 atom stereocenters. The molecule has 2 aromatic rings. The second-order valence-corrected chi connectivity index (χ2v) is 11.4. The van der Waals surface area contributed by atoms with E-state index in [1.165, 1.54) is 18.4 Å². The predicted octanol–water partition coefficient (Wildman–Crippen LogP) is 5.32. The van der Waals surface area contributed by atoms with Crippen LogP contribution in [0.5, 0.6) is 0 Å². The molecule has 8 heteroatoms. The molecule has 2 aromatic heterocycles. The molecule has 2 heterocycles. The van der Waals surface area contributed by atoms with E-state index < -0.39 is 0 Å². The number of aliphatic hydroxyl groups is 1. The first kappa shape index (κ1) is 26.9. The Balaban J connectivity index is 1.53. The summed E-state index contributed by atoms with van der Waals surface area (Å²) in [7, 11) is 3.92. The summed E-state index contributed by atoms with van der Waals surface area (Å²) in [5, 5.41) is 14.8. The maximum atomic E-state index is 13.6. The van der Waals surface area contributed by atoms with E-state index in [-0.39, 0.29) is 30.0 Å². The first-order valence-electron chi connectivity index (χ1n) is 13.6. The van der Waals surface area contributed by atoms with Crippen LogP contribution in [-0.2, 0) is 4.79 Å². The largest absolute Gasteiger partial charge is 0.393 e. The number of aliphatic hydroxyl groups excluding tert-OH is 1. The topological polar surface area (TPSA) is 78.1 Å². The minimum Gasteiger partial charge on any atom is -0.393 e. The number of aromatic nitrogens is 2. The van der Waals surface area contributed by atoms with Gasteiger partial charge in [0.15, 0.2) is 11.5 Å². The van der Waals surface area contributed by atoms with Crippen molar-refractivity contribution in [2.24, 2.45) is 11.8 Å². The van der Waals surface area contributed by atoms with Crippen LogP contribution in [0.3, 0.4) is 0 Å². The molecule has 36 heavy (non-hydrogen) atoms. The van der Waals surface area contributed by atoms with Crippen molar-refractivity contribution in [3.8, 4) is 0 Å². The zero-order valence-electron chi connectivity index (χ0n) is 22.2. The molecule has 0 aliphatic heterocycles. The highest BCUT2D eigenvalue weighted by atomic mass is 35.5. The van der Waals surface area contributed by atoms with E-state index in [9.17, 15) is 14.7 Å². The normalized spacial score (nSPS) is 20.9. The molecule has 198 valence electrons. The highest BCUT2D eigenvalue weighted by molar-refractivity contribution is 6.37. The average molecular weight is 517 g/mol. The molecular formula is C28H41ClN4O3. The molecule has 7 nitrogen and oxygen atoms in total. The van der Waals surface area contributed by atoms with Gasteiger partial charge in [0.25, 0.3) is 5.91 Å². The van der Waals surface area contributed by atoms with Crippen LogP contribution in [0, 0.1) is 11.8 Å². The van der Waals surface area contributed by atoms with E-state index in [2.05, 4.69) is 24.2 Å². The van der Waals surface area contributed by atoms with Gasteiger partial charge in [-0.15, -0.1) is 0 Å². The Morgan fingerprint density at radius 3 is 2.42 bits per heavy atom. The fourth-order valence-corrected chi connectivity index (χ4v) is 5.94. The van der Waals surface area contributed by atoms with Crippen molar-refractivity contribution in [2.75, 3.05) is 32.1 Å². The summed E-state index contributed by atoms with van der Waals surface area (Å²) in [5.41, 5.74) is 2.18. The van der Waals surface area contributed by atoms with Crippen molar-refractivity contribution in [1.82, 2.24) is 14.5 Å². The smallest absolute Gasteiger partial charge is 0.276 e.